The number of nitrogens with zero attached hydrogens (tertiary/aromatic N) is 5. The standard InChI is InChI=1S/C14H17N5O2/c1-21-10-11-7-18(9-12-2-3-17-19(12)8-11)14(20)13-6-15-4-5-16-13/h2-6,11H,7-10H2,1H3. The number of aromatic nitrogens is 4. The van der Waals surface area contributed by atoms with Crippen LogP contribution in [0.2, 0.25) is 0 Å². The molecule has 7 heteroatoms. The molecule has 0 N–H and O–H groups in total. The molecule has 2 aromatic heterocycles. The normalized spacial score (nSPS) is 18.1. The first-order chi connectivity index (χ1) is 10.3. The summed E-state index contributed by atoms with van der Waals surface area (Å²) in [6.07, 6.45) is 6.34. The van der Waals surface area contributed by atoms with Gasteiger partial charge in [-0.3, -0.25) is 14.5 Å². The second-order valence-electron chi connectivity index (χ2n) is 5.10. The van der Waals surface area contributed by atoms with Crippen LogP contribution in [0.1, 0.15) is 16.2 Å². The number of amides is 1. The van der Waals surface area contributed by atoms with Crippen LogP contribution in [0.15, 0.2) is 30.9 Å². The van der Waals surface area contributed by atoms with Crippen molar-refractivity contribution in [2.75, 3.05) is 20.3 Å². The summed E-state index contributed by atoms with van der Waals surface area (Å²) in [4.78, 5) is 22.4. The summed E-state index contributed by atoms with van der Waals surface area (Å²) < 4.78 is 7.19. The van der Waals surface area contributed by atoms with Crippen molar-refractivity contribution >= 4 is 5.91 Å². The molecule has 1 aliphatic heterocycles. The Morgan fingerprint density at radius 2 is 2.29 bits per heavy atom. The van der Waals surface area contributed by atoms with E-state index in [0.717, 1.165) is 12.2 Å². The van der Waals surface area contributed by atoms with Gasteiger partial charge in [-0.2, -0.15) is 5.10 Å². The Hall–Kier alpha value is -2.28. The Morgan fingerprint density at radius 1 is 1.38 bits per heavy atom. The molecule has 0 aliphatic carbocycles. The van der Waals surface area contributed by atoms with Gasteiger partial charge >= 0.3 is 0 Å². The average Bonchev–Trinajstić information content (AvgIpc) is 2.86. The minimum absolute atomic E-state index is 0.112. The number of rotatable bonds is 3. The lowest BCUT2D eigenvalue weighted by atomic mass is 10.1. The third kappa shape index (κ3) is 2.92. The molecule has 3 heterocycles. The topological polar surface area (TPSA) is 73.1 Å². The molecule has 2 aromatic rings. The monoisotopic (exact) mass is 287 g/mol. The van der Waals surface area contributed by atoms with E-state index in [9.17, 15) is 4.79 Å². The zero-order chi connectivity index (χ0) is 14.7. The van der Waals surface area contributed by atoms with Crippen LogP contribution in [0.25, 0.3) is 0 Å². The molecule has 3 rings (SSSR count). The molecule has 1 unspecified atom stereocenters. The van der Waals surface area contributed by atoms with Gasteiger partial charge in [0.1, 0.15) is 5.69 Å². The van der Waals surface area contributed by atoms with Gasteiger partial charge in [-0.05, 0) is 6.07 Å². The fraction of sp³-hybridized carbons (Fsp3) is 0.429. The summed E-state index contributed by atoms with van der Waals surface area (Å²) in [7, 11) is 1.67. The van der Waals surface area contributed by atoms with E-state index in [4.69, 9.17) is 4.74 Å². The number of fused-ring (bicyclic) bond motifs is 1. The van der Waals surface area contributed by atoms with E-state index >= 15 is 0 Å². The van der Waals surface area contributed by atoms with E-state index in [1.54, 1.807) is 24.4 Å². The maximum Gasteiger partial charge on any atom is 0.274 e. The van der Waals surface area contributed by atoms with E-state index in [0.29, 0.717) is 25.4 Å². The van der Waals surface area contributed by atoms with Crippen LogP contribution in [0, 0.1) is 5.92 Å². The molecule has 7 nitrogen and oxygen atoms in total. The fourth-order valence-electron chi connectivity index (χ4n) is 2.60. The first kappa shape index (κ1) is 13.7. The number of hydrogen-bond donors (Lipinski definition) is 0. The van der Waals surface area contributed by atoms with Crippen LogP contribution in [0.3, 0.4) is 0 Å². The number of carbonyl (C=O) groups is 1. The Labute approximate surface area is 122 Å². The third-order valence-electron chi connectivity index (χ3n) is 3.54. The lowest BCUT2D eigenvalue weighted by Crippen LogP contribution is -2.35. The fourth-order valence-corrected chi connectivity index (χ4v) is 2.60. The molecule has 0 spiro atoms. The van der Waals surface area contributed by atoms with Crippen molar-refractivity contribution in [2.24, 2.45) is 5.92 Å². The molecule has 0 aromatic carbocycles. The van der Waals surface area contributed by atoms with Crippen LogP contribution >= 0.6 is 0 Å². The molecule has 1 aliphatic rings. The maximum absolute atomic E-state index is 12.6. The van der Waals surface area contributed by atoms with E-state index in [2.05, 4.69) is 15.1 Å². The van der Waals surface area contributed by atoms with E-state index in [-0.39, 0.29) is 11.8 Å². The Morgan fingerprint density at radius 3 is 3.05 bits per heavy atom. The number of carbonyl (C=O) groups excluding carboxylic acids is 1. The van der Waals surface area contributed by atoms with Crippen LogP contribution < -0.4 is 0 Å². The van der Waals surface area contributed by atoms with Gasteiger partial charge in [0.15, 0.2) is 0 Å². The first-order valence-corrected chi connectivity index (χ1v) is 6.83. The average molecular weight is 287 g/mol. The molecule has 0 bridgehead atoms. The van der Waals surface area contributed by atoms with Crippen LogP contribution in [-0.4, -0.2) is 50.8 Å². The lowest BCUT2D eigenvalue weighted by Gasteiger charge is -2.23. The second-order valence-corrected chi connectivity index (χ2v) is 5.10. The lowest BCUT2D eigenvalue weighted by molar-refractivity contribution is 0.0660. The second kappa shape index (κ2) is 6.01. The predicted molar refractivity (Wildman–Crippen MR) is 74.4 cm³/mol. The quantitative estimate of drug-likeness (QED) is 0.826. The summed E-state index contributed by atoms with van der Waals surface area (Å²) in [5.41, 5.74) is 1.38. The molecular formula is C14H17N5O2. The van der Waals surface area contributed by atoms with Gasteiger partial charge in [-0.25, -0.2) is 4.98 Å². The number of ether oxygens (including phenoxy) is 1. The predicted octanol–water partition coefficient (Wildman–Crippen LogP) is 0.592. The summed E-state index contributed by atoms with van der Waals surface area (Å²) in [5.74, 6) is 0.0932. The molecular weight excluding hydrogens is 270 g/mol. The van der Waals surface area contributed by atoms with Crippen molar-refractivity contribution in [1.82, 2.24) is 24.6 Å². The van der Waals surface area contributed by atoms with Crippen molar-refractivity contribution in [3.8, 4) is 0 Å². The highest BCUT2D eigenvalue weighted by molar-refractivity contribution is 5.91. The highest BCUT2D eigenvalue weighted by Crippen LogP contribution is 2.17. The third-order valence-corrected chi connectivity index (χ3v) is 3.54. The minimum atomic E-state index is -0.112. The smallest absolute Gasteiger partial charge is 0.274 e. The van der Waals surface area contributed by atoms with E-state index in [1.807, 2.05) is 10.7 Å². The molecule has 0 fully saturated rings. The molecule has 110 valence electrons. The van der Waals surface area contributed by atoms with Gasteiger partial charge in [0.25, 0.3) is 5.91 Å². The van der Waals surface area contributed by atoms with Crippen molar-refractivity contribution in [3.63, 3.8) is 0 Å². The van der Waals surface area contributed by atoms with Crippen LogP contribution in [0.5, 0.6) is 0 Å². The maximum atomic E-state index is 12.6. The van der Waals surface area contributed by atoms with Crippen molar-refractivity contribution in [2.45, 2.75) is 13.1 Å². The van der Waals surface area contributed by atoms with Gasteiger partial charge < -0.3 is 9.64 Å². The van der Waals surface area contributed by atoms with Crippen LogP contribution in [-0.2, 0) is 17.8 Å². The van der Waals surface area contributed by atoms with E-state index < -0.39 is 0 Å². The van der Waals surface area contributed by atoms with Crippen LogP contribution in [0.4, 0.5) is 0 Å². The summed E-state index contributed by atoms with van der Waals surface area (Å²) in [6.45, 7) is 2.48. The molecule has 1 amide bonds. The Balaban J connectivity index is 1.86. The zero-order valence-corrected chi connectivity index (χ0v) is 11.8. The van der Waals surface area contributed by atoms with Gasteiger partial charge in [0.05, 0.1) is 25.0 Å². The summed E-state index contributed by atoms with van der Waals surface area (Å²) in [5, 5.41) is 4.31. The molecule has 0 saturated carbocycles. The zero-order valence-electron chi connectivity index (χ0n) is 11.8. The van der Waals surface area contributed by atoms with Gasteiger partial charge in [-0.1, -0.05) is 0 Å². The highest BCUT2D eigenvalue weighted by atomic mass is 16.5. The van der Waals surface area contributed by atoms with E-state index in [1.165, 1.54) is 12.4 Å². The Kier molecular flexibility index (Phi) is 3.92. The highest BCUT2D eigenvalue weighted by Gasteiger charge is 2.26. The van der Waals surface area contributed by atoms with Crippen molar-refractivity contribution < 1.29 is 9.53 Å². The number of methoxy groups -OCH3 is 1. The summed E-state index contributed by atoms with van der Waals surface area (Å²) >= 11 is 0. The SMILES string of the molecule is COCC1CN(C(=O)c2cnccn2)Cc2ccnn2C1. The van der Waals surface area contributed by atoms with Gasteiger partial charge in [0, 0.05) is 44.7 Å². The van der Waals surface area contributed by atoms with Crippen molar-refractivity contribution in [1.29, 1.82) is 0 Å². The largest absolute Gasteiger partial charge is 0.384 e. The Bertz CT molecular complexity index is 613. The first-order valence-electron chi connectivity index (χ1n) is 6.83. The van der Waals surface area contributed by atoms with Crippen molar-refractivity contribution in [3.05, 3.63) is 42.2 Å². The molecule has 21 heavy (non-hydrogen) atoms. The minimum Gasteiger partial charge on any atom is -0.384 e. The van der Waals surface area contributed by atoms with Gasteiger partial charge in [-0.15, -0.1) is 0 Å². The number of hydrogen-bond acceptors (Lipinski definition) is 5. The summed E-state index contributed by atoms with van der Waals surface area (Å²) in [6, 6.07) is 1.94. The molecule has 0 radical (unpaired) electrons. The molecule has 0 saturated heterocycles. The molecule has 1 atom stereocenters. The van der Waals surface area contributed by atoms with Gasteiger partial charge in [0.2, 0.25) is 0 Å².